The number of hydrogen-bond donors (Lipinski definition) is 0. The van der Waals surface area contributed by atoms with Gasteiger partial charge in [0, 0.05) is 11.9 Å². The van der Waals surface area contributed by atoms with Crippen molar-refractivity contribution >= 4 is 5.69 Å². The number of nitrogens with zero attached hydrogens (tertiary/aromatic N) is 5. The first kappa shape index (κ1) is 30.9. The maximum Gasteiger partial charge on any atom is 2.00 e. The van der Waals surface area contributed by atoms with E-state index < -0.39 is 5.41 Å². The molecule has 4 aromatic rings. The molecule has 43 heavy (non-hydrogen) atoms. The van der Waals surface area contributed by atoms with E-state index in [9.17, 15) is 5.26 Å². The molecule has 2 heterocycles. The summed E-state index contributed by atoms with van der Waals surface area (Å²) in [6, 6.07) is 28.2. The average molecular weight is 747 g/mol. The molecule has 0 amide bonds. The summed E-state index contributed by atoms with van der Waals surface area (Å²) in [7, 11) is 0. The van der Waals surface area contributed by atoms with Crippen LogP contribution < -0.4 is 0 Å². The third kappa shape index (κ3) is 6.39. The largest absolute Gasteiger partial charge is 2.00 e. The smallest absolute Gasteiger partial charge is 0.300 e. The molecule has 0 saturated heterocycles. The molecule has 2 aromatic carbocycles. The fourth-order valence-corrected chi connectivity index (χ4v) is 7.72. The van der Waals surface area contributed by atoms with Gasteiger partial charge in [0.2, 0.25) is 0 Å². The van der Waals surface area contributed by atoms with Gasteiger partial charge in [0.1, 0.15) is 5.69 Å². The second kappa shape index (κ2) is 12.6. The molecule has 6 heteroatoms. The van der Waals surface area contributed by atoms with Crippen molar-refractivity contribution in [3.05, 3.63) is 107 Å². The zero-order valence-electron chi connectivity index (χ0n) is 25.0. The molecule has 0 N–H and O–H groups in total. The fourth-order valence-electron chi connectivity index (χ4n) is 7.72. The zero-order valence-corrected chi connectivity index (χ0v) is 27.2. The van der Waals surface area contributed by atoms with E-state index in [1.54, 1.807) is 18.2 Å². The van der Waals surface area contributed by atoms with E-state index >= 15 is 0 Å². The Balaban J connectivity index is 0.00000368. The molecule has 2 aromatic heterocycles. The molecule has 0 bridgehead atoms. The molecule has 0 aliphatic heterocycles. The Morgan fingerprint density at radius 2 is 1.60 bits per heavy atom. The molecule has 2 aliphatic rings. The van der Waals surface area contributed by atoms with Crippen LogP contribution in [0.3, 0.4) is 0 Å². The average Bonchev–Trinajstić information content (AvgIpc) is 3.79. The van der Waals surface area contributed by atoms with Crippen LogP contribution >= 0.6 is 0 Å². The summed E-state index contributed by atoms with van der Waals surface area (Å²) in [5.74, 6) is 0. The number of hydrogen-bond acceptors (Lipinski definition) is 3. The first-order valence-electron chi connectivity index (χ1n) is 15.2. The third-order valence-electron chi connectivity index (χ3n) is 9.75. The van der Waals surface area contributed by atoms with Crippen LogP contribution in [0.4, 0.5) is 5.69 Å². The molecule has 2 fully saturated rings. The fraction of sp³-hybridized carbons (Fsp3) is 0.405. The molecule has 220 valence electrons. The van der Waals surface area contributed by atoms with Gasteiger partial charge in [-0.25, -0.2) is 0 Å². The van der Waals surface area contributed by atoms with Gasteiger partial charge in [-0.3, -0.25) is 9.53 Å². The molecule has 0 atom stereocenters. The van der Waals surface area contributed by atoms with E-state index in [4.69, 9.17) is 16.7 Å². The SMILES string of the molecule is [C-]#[N+]c1cc[c-]c(-c2cccc(C(CC3(C)CCCC3)(CC3(C)CCCC3)c3ccn(-c4[c-]ccc(C#N)c4)n3)n2)c1.[Pt+2]. The van der Waals surface area contributed by atoms with Gasteiger partial charge < -0.3 is 4.98 Å². The van der Waals surface area contributed by atoms with Gasteiger partial charge in [-0.05, 0) is 72.9 Å². The minimum absolute atomic E-state index is 0. The van der Waals surface area contributed by atoms with Gasteiger partial charge in [-0.15, -0.1) is 29.8 Å². The predicted molar refractivity (Wildman–Crippen MR) is 165 cm³/mol. The van der Waals surface area contributed by atoms with Gasteiger partial charge >= 0.3 is 21.1 Å². The summed E-state index contributed by atoms with van der Waals surface area (Å²) in [6.45, 7) is 12.4. The minimum Gasteiger partial charge on any atom is -0.300 e. The van der Waals surface area contributed by atoms with Crippen molar-refractivity contribution in [1.29, 1.82) is 5.26 Å². The second-order valence-electron chi connectivity index (χ2n) is 13.2. The number of pyridine rings is 1. The molecular formula is C37H37N5Pt. The monoisotopic (exact) mass is 746 g/mol. The molecule has 6 rings (SSSR count). The number of benzene rings is 2. The molecule has 2 aliphatic carbocycles. The standard InChI is InChI=1S/C37H37N5.Pt/c1-35(18-4-5-19-35)26-37(27-36(2)20-6-7-21-36,34-17-22-42(41-34)31-14-8-11-28(23-31)25-38)33-16-10-15-32(40-33)29-12-9-13-30(24-29)39-3;/h8-11,13,15-17,22-24H,4-7,18-21,26-27H2,1-2H3;/q-2;+2. The second-order valence-corrected chi connectivity index (χ2v) is 13.2. The van der Waals surface area contributed by atoms with Crippen LogP contribution in [-0.2, 0) is 26.5 Å². The Bertz CT molecular complexity index is 1640. The maximum absolute atomic E-state index is 9.50. The zero-order chi connectivity index (χ0) is 29.2. The summed E-state index contributed by atoms with van der Waals surface area (Å²) >= 11 is 0. The van der Waals surface area contributed by atoms with E-state index in [0.717, 1.165) is 41.2 Å². The van der Waals surface area contributed by atoms with Crippen molar-refractivity contribution in [2.75, 3.05) is 0 Å². The Morgan fingerprint density at radius 1 is 0.930 bits per heavy atom. The van der Waals surface area contributed by atoms with Crippen LogP contribution in [0.2, 0.25) is 0 Å². The van der Waals surface area contributed by atoms with Gasteiger partial charge in [0.15, 0.2) is 0 Å². The summed E-state index contributed by atoms with van der Waals surface area (Å²) in [4.78, 5) is 9.03. The van der Waals surface area contributed by atoms with Gasteiger partial charge in [0.05, 0.1) is 23.8 Å². The topological polar surface area (TPSA) is 58.9 Å². The number of aromatic nitrogens is 3. The summed E-state index contributed by atoms with van der Waals surface area (Å²) in [6.07, 6.45) is 13.9. The molecule has 0 spiro atoms. The maximum atomic E-state index is 9.50. The Kier molecular flexibility index (Phi) is 9.06. The summed E-state index contributed by atoms with van der Waals surface area (Å²) in [5, 5.41) is 14.8. The van der Waals surface area contributed by atoms with Gasteiger partial charge in [-0.2, -0.15) is 34.6 Å². The molecule has 5 nitrogen and oxygen atoms in total. The Labute approximate surface area is 270 Å². The van der Waals surface area contributed by atoms with Crippen molar-refractivity contribution in [3.63, 3.8) is 0 Å². The Morgan fingerprint density at radius 3 is 2.26 bits per heavy atom. The number of nitriles is 1. The first-order valence-corrected chi connectivity index (χ1v) is 15.2. The van der Waals surface area contributed by atoms with Crippen molar-refractivity contribution in [2.24, 2.45) is 10.8 Å². The van der Waals surface area contributed by atoms with Crippen LogP contribution in [0.1, 0.15) is 95.0 Å². The molecular weight excluding hydrogens is 710 g/mol. The molecule has 0 radical (unpaired) electrons. The van der Waals surface area contributed by atoms with Crippen LogP contribution in [0.25, 0.3) is 21.8 Å². The van der Waals surface area contributed by atoms with Crippen molar-refractivity contribution < 1.29 is 21.1 Å². The van der Waals surface area contributed by atoms with E-state index in [-0.39, 0.29) is 31.9 Å². The minimum atomic E-state index is -0.399. The van der Waals surface area contributed by atoms with E-state index in [2.05, 4.69) is 55.1 Å². The van der Waals surface area contributed by atoms with E-state index in [0.29, 0.717) is 11.3 Å². The van der Waals surface area contributed by atoms with E-state index in [1.165, 1.54) is 51.4 Å². The van der Waals surface area contributed by atoms with Crippen LogP contribution in [0.5, 0.6) is 0 Å². The molecule has 2 saturated carbocycles. The van der Waals surface area contributed by atoms with Crippen LogP contribution in [0.15, 0.2) is 66.9 Å². The first-order chi connectivity index (χ1) is 20.3. The van der Waals surface area contributed by atoms with Crippen LogP contribution in [-0.4, -0.2) is 14.8 Å². The van der Waals surface area contributed by atoms with Crippen molar-refractivity contribution in [3.8, 4) is 23.0 Å². The van der Waals surface area contributed by atoms with E-state index in [1.807, 2.05) is 35.1 Å². The third-order valence-corrected chi connectivity index (χ3v) is 9.75. The quantitative estimate of drug-likeness (QED) is 0.169. The Hall–Kier alpha value is -3.53. The number of rotatable bonds is 8. The van der Waals surface area contributed by atoms with Crippen molar-refractivity contribution in [1.82, 2.24) is 14.8 Å². The predicted octanol–water partition coefficient (Wildman–Crippen LogP) is 9.18. The summed E-state index contributed by atoms with van der Waals surface area (Å²) in [5.41, 5.74) is 5.69. The van der Waals surface area contributed by atoms with Crippen LogP contribution in [0, 0.1) is 40.9 Å². The summed E-state index contributed by atoms with van der Waals surface area (Å²) < 4.78 is 1.87. The van der Waals surface area contributed by atoms with Gasteiger partial charge in [-0.1, -0.05) is 57.2 Å². The normalized spacial score (nSPS) is 17.1. The van der Waals surface area contributed by atoms with Crippen molar-refractivity contribution in [2.45, 2.75) is 83.5 Å². The molecule has 0 unspecified atom stereocenters. The van der Waals surface area contributed by atoms with Gasteiger partial charge in [0.25, 0.3) is 0 Å².